The number of benzene rings is 2. The molecule has 0 radical (unpaired) electrons. The summed E-state index contributed by atoms with van der Waals surface area (Å²) in [7, 11) is 3.30. The fraction of sp³-hybridized carbons (Fsp3) is 0.300. The molecule has 2 amide bonds. The molecule has 0 bridgehead atoms. The fourth-order valence-electron chi connectivity index (χ4n) is 2.42. The quantitative estimate of drug-likeness (QED) is 0.744. The molecule has 2 aromatic carbocycles. The summed E-state index contributed by atoms with van der Waals surface area (Å²) in [6, 6.07) is 14.6. The zero-order valence-corrected chi connectivity index (χ0v) is 15.3. The molecule has 6 heteroatoms. The number of aryl methyl sites for hydroxylation is 1. The highest BCUT2D eigenvalue weighted by molar-refractivity contribution is 5.92. The fourth-order valence-corrected chi connectivity index (χ4v) is 2.42. The number of ether oxygens (including phenoxy) is 1. The normalized spacial score (nSPS) is 9.62. The van der Waals surface area contributed by atoms with Gasteiger partial charge >= 0.3 is 6.03 Å². The number of hydrogen-bond donors (Lipinski definition) is 2. The Hall–Kier alpha value is -3.02. The molecule has 2 N–H and O–H groups in total. The minimum Gasteiger partial charge on any atom is -0.506 e. The van der Waals surface area contributed by atoms with Gasteiger partial charge in [0.25, 0.3) is 0 Å². The number of nitrogens with one attached hydrogen (secondary N) is 1. The van der Waals surface area contributed by atoms with E-state index in [9.17, 15) is 9.90 Å². The molecule has 6 nitrogen and oxygen atoms in total. The van der Waals surface area contributed by atoms with Gasteiger partial charge < -0.3 is 20.0 Å². The van der Waals surface area contributed by atoms with Gasteiger partial charge in [-0.15, -0.1) is 0 Å². The van der Waals surface area contributed by atoms with Gasteiger partial charge in [-0.2, -0.15) is 0 Å². The van der Waals surface area contributed by atoms with Crippen LogP contribution in [0, 0.1) is 0 Å². The number of urea groups is 1. The van der Waals surface area contributed by atoms with Crippen LogP contribution >= 0.6 is 0 Å². The van der Waals surface area contributed by atoms with Crippen LogP contribution in [0.3, 0.4) is 0 Å². The number of anilines is 1. The van der Waals surface area contributed by atoms with Gasteiger partial charge in [-0.25, -0.2) is 4.79 Å². The first kappa shape index (κ1) is 21.0. The molecule has 0 unspecified atom stereocenters. The maximum absolute atomic E-state index is 12.1. The number of carbonyl (C=O) groups excluding carboxylic acids is 2. The zero-order valence-electron chi connectivity index (χ0n) is 15.3. The van der Waals surface area contributed by atoms with Crippen LogP contribution in [0.5, 0.6) is 11.5 Å². The molecule has 0 fully saturated rings. The standard InChI is InChI=1S/C19H24N2O3.CH2O/c1-21(17-8-3-4-9-18(17)22)19(23)20-14-6-5-7-15-10-12-16(24-2)13-11-15;1-2/h3-4,8-13,22H,5-7,14H2,1-2H3,(H,20,23);1H2. The Morgan fingerprint density at radius 3 is 2.38 bits per heavy atom. The lowest BCUT2D eigenvalue weighted by molar-refractivity contribution is -0.0980. The van der Waals surface area contributed by atoms with E-state index in [1.54, 1.807) is 38.4 Å². The van der Waals surface area contributed by atoms with Crippen LogP contribution in [0.1, 0.15) is 18.4 Å². The van der Waals surface area contributed by atoms with Crippen molar-refractivity contribution >= 4 is 18.5 Å². The van der Waals surface area contributed by atoms with Crippen molar-refractivity contribution in [2.75, 3.05) is 25.6 Å². The van der Waals surface area contributed by atoms with Gasteiger partial charge in [0.05, 0.1) is 12.8 Å². The predicted molar refractivity (Wildman–Crippen MR) is 103 cm³/mol. The molecule has 26 heavy (non-hydrogen) atoms. The number of phenolic OH excluding ortho intramolecular Hbond substituents is 1. The summed E-state index contributed by atoms with van der Waals surface area (Å²) in [5.41, 5.74) is 1.75. The minimum absolute atomic E-state index is 0.0923. The summed E-state index contributed by atoms with van der Waals surface area (Å²) < 4.78 is 5.14. The highest BCUT2D eigenvalue weighted by Gasteiger charge is 2.12. The van der Waals surface area contributed by atoms with Crippen molar-refractivity contribution in [2.45, 2.75) is 19.3 Å². The molecule has 0 aliphatic carbocycles. The summed E-state index contributed by atoms with van der Waals surface area (Å²) >= 11 is 0. The molecule has 2 rings (SSSR count). The molecule has 0 atom stereocenters. The van der Waals surface area contributed by atoms with E-state index in [0.717, 1.165) is 25.0 Å². The number of unbranched alkanes of at least 4 members (excludes halogenated alkanes) is 1. The average molecular weight is 358 g/mol. The summed E-state index contributed by atoms with van der Waals surface area (Å²) in [6.07, 6.45) is 2.86. The largest absolute Gasteiger partial charge is 0.506 e. The van der Waals surface area contributed by atoms with Gasteiger partial charge in [0, 0.05) is 13.6 Å². The van der Waals surface area contributed by atoms with Crippen molar-refractivity contribution in [3.8, 4) is 11.5 Å². The highest BCUT2D eigenvalue weighted by Crippen LogP contribution is 2.25. The van der Waals surface area contributed by atoms with Crippen molar-refractivity contribution in [1.82, 2.24) is 5.32 Å². The van der Waals surface area contributed by atoms with Crippen LogP contribution < -0.4 is 15.0 Å². The number of nitrogens with zero attached hydrogens (tertiary/aromatic N) is 1. The van der Waals surface area contributed by atoms with Crippen molar-refractivity contribution in [2.24, 2.45) is 0 Å². The molecular formula is C20H26N2O4. The van der Waals surface area contributed by atoms with E-state index in [4.69, 9.17) is 9.53 Å². The second kappa shape index (κ2) is 11.5. The molecule has 0 aliphatic heterocycles. The lowest BCUT2D eigenvalue weighted by atomic mass is 10.1. The summed E-state index contributed by atoms with van der Waals surface area (Å²) in [6.45, 7) is 2.60. The molecule has 0 saturated carbocycles. The van der Waals surface area contributed by atoms with Gasteiger partial charge in [-0.3, -0.25) is 4.90 Å². The molecule has 0 aromatic heterocycles. The van der Waals surface area contributed by atoms with Gasteiger partial charge in [0.2, 0.25) is 0 Å². The first-order valence-corrected chi connectivity index (χ1v) is 8.33. The van der Waals surface area contributed by atoms with Crippen LogP contribution in [0.2, 0.25) is 0 Å². The van der Waals surface area contributed by atoms with E-state index >= 15 is 0 Å². The van der Waals surface area contributed by atoms with Crippen molar-refractivity contribution in [1.29, 1.82) is 0 Å². The molecule has 0 heterocycles. The van der Waals surface area contributed by atoms with E-state index in [1.807, 2.05) is 18.9 Å². The van der Waals surface area contributed by atoms with Crippen LogP contribution in [0.4, 0.5) is 10.5 Å². The number of para-hydroxylation sites is 2. The Morgan fingerprint density at radius 2 is 1.77 bits per heavy atom. The number of aromatic hydroxyl groups is 1. The summed E-state index contributed by atoms with van der Waals surface area (Å²) in [5.74, 6) is 0.952. The Labute approximate surface area is 154 Å². The Kier molecular flexibility index (Phi) is 9.31. The summed E-state index contributed by atoms with van der Waals surface area (Å²) in [5, 5.41) is 12.6. The number of amides is 2. The molecule has 0 spiro atoms. The molecule has 140 valence electrons. The zero-order chi connectivity index (χ0) is 19.4. The smallest absolute Gasteiger partial charge is 0.321 e. The number of carbonyl (C=O) groups is 2. The Bertz CT molecular complexity index is 674. The Morgan fingerprint density at radius 1 is 1.12 bits per heavy atom. The molecular weight excluding hydrogens is 332 g/mol. The van der Waals surface area contributed by atoms with E-state index in [2.05, 4.69) is 17.4 Å². The number of hydrogen-bond acceptors (Lipinski definition) is 4. The van der Waals surface area contributed by atoms with E-state index in [0.29, 0.717) is 12.2 Å². The SMILES string of the molecule is C=O.COc1ccc(CCCCNC(=O)N(C)c2ccccc2O)cc1. The topological polar surface area (TPSA) is 78.9 Å². The number of methoxy groups -OCH3 is 1. The molecule has 0 saturated heterocycles. The van der Waals surface area contributed by atoms with Gasteiger partial charge in [0.15, 0.2) is 0 Å². The van der Waals surface area contributed by atoms with Crippen LogP contribution in [0.15, 0.2) is 48.5 Å². The second-order valence-corrected chi connectivity index (χ2v) is 5.58. The first-order chi connectivity index (χ1) is 12.6. The van der Waals surface area contributed by atoms with E-state index in [1.165, 1.54) is 10.5 Å². The lowest BCUT2D eigenvalue weighted by Gasteiger charge is -2.19. The lowest BCUT2D eigenvalue weighted by Crippen LogP contribution is -2.37. The monoisotopic (exact) mass is 358 g/mol. The number of phenols is 1. The third-order valence-corrected chi connectivity index (χ3v) is 3.88. The maximum Gasteiger partial charge on any atom is 0.321 e. The molecule has 0 aliphatic rings. The van der Waals surface area contributed by atoms with Gasteiger partial charge in [-0.05, 0) is 49.1 Å². The molecule has 2 aromatic rings. The predicted octanol–water partition coefficient (Wildman–Crippen LogP) is 3.38. The van der Waals surface area contributed by atoms with Crippen LogP contribution in [0.25, 0.3) is 0 Å². The maximum atomic E-state index is 12.1. The first-order valence-electron chi connectivity index (χ1n) is 8.33. The van der Waals surface area contributed by atoms with Crippen molar-refractivity contribution in [3.05, 3.63) is 54.1 Å². The van der Waals surface area contributed by atoms with E-state index < -0.39 is 0 Å². The van der Waals surface area contributed by atoms with Crippen LogP contribution in [-0.2, 0) is 11.2 Å². The average Bonchev–Trinajstić information content (AvgIpc) is 2.69. The van der Waals surface area contributed by atoms with Gasteiger partial charge in [0.1, 0.15) is 18.3 Å². The van der Waals surface area contributed by atoms with Crippen molar-refractivity contribution < 1.29 is 19.4 Å². The summed E-state index contributed by atoms with van der Waals surface area (Å²) in [4.78, 5) is 21.5. The van der Waals surface area contributed by atoms with E-state index in [-0.39, 0.29) is 11.8 Å². The van der Waals surface area contributed by atoms with Crippen molar-refractivity contribution in [3.63, 3.8) is 0 Å². The van der Waals surface area contributed by atoms with Gasteiger partial charge in [-0.1, -0.05) is 24.3 Å². The minimum atomic E-state index is -0.221. The third kappa shape index (κ3) is 6.47. The highest BCUT2D eigenvalue weighted by atomic mass is 16.5. The number of rotatable bonds is 7. The third-order valence-electron chi connectivity index (χ3n) is 3.88. The Balaban J connectivity index is 0.00000163. The van der Waals surface area contributed by atoms with Crippen LogP contribution in [-0.4, -0.2) is 38.6 Å². The second-order valence-electron chi connectivity index (χ2n) is 5.58.